The van der Waals surface area contributed by atoms with Crippen LogP contribution in [0.25, 0.3) is 0 Å². The molecule has 1 aliphatic heterocycles. The number of aryl methyl sites for hydroxylation is 1. The summed E-state index contributed by atoms with van der Waals surface area (Å²) in [5, 5.41) is 3.36. The molecule has 5 heteroatoms. The lowest BCUT2D eigenvalue weighted by atomic mass is 9.82. The molecule has 1 saturated heterocycles. The van der Waals surface area contributed by atoms with Crippen LogP contribution < -0.4 is 5.32 Å². The molecular weight excluding hydrogens is 256 g/mol. The number of esters is 1. The largest absolute Gasteiger partial charge is 0.465 e. The lowest BCUT2D eigenvalue weighted by molar-refractivity contribution is 0.0299. The van der Waals surface area contributed by atoms with Gasteiger partial charge in [0, 0.05) is 19.8 Å². The molecule has 0 saturated carbocycles. The van der Waals surface area contributed by atoms with Crippen molar-refractivity contribution in [1.82, 2.24) is 4.98 Å². The van der Waals surface area contributed by atoms with E-state index in [9.17, 15) is 4.79 Å². The van der Waals surface area contributed by atoms with Crippen LogP contribution in [-0.4, -0.2) is 37.8 Å². The van der Waals surface area contributed by atoms with Crippen molar-refractivity contribution in [3.8, 4) is 0 Å². The molecule has 1 aromatic heterocycles. The summed E-state index contributed by atoms with van der Waals surface area (Å²) in [5.41, 5.74) is 1.43. The maximum atomic E-state index is 11.5. The van der Waals surface area contributed by atoms with Crippen molar-refractivity contribution in [1.29, 1.82) is 0 Å². The lowest BCUT2D eigenvalue weighted by Gasteiger charge is -2.33. The molecule has 0 unspecified atom stereocenters. The van der Waals surface area contributed by atoms with E-state index < -0.39 is 0 Å². The quantitative estimate of drug-likeness (QED) is 0.857. The van der Waals surface area contributed by atoms with Crippen LogP contribution in [0.15, 0.2) is 12.1 Å². The zero-order valence-corrected chi connectivity index (χ0v) is 12.4. The van der Waals surface area contributed by atoms with Crippen LogP contribution in [0.3, 0.4) is 0 Å². The molecule has 0 amide bonds. The van der Waals surface area contributed by atoms with Crippen molar-refractivity contribution in [3.63, 3.8) is 0 Å². The van der Waals surface area contributed by atoms with Gasteiger partial charge in [0.25, 0.3) is 0 Å². The summed E-state index contributed by atoms with van der Waals surface area (Å²) in [5.74, 6) is 0.445. The molecule has 5 nitrogen and oxygen atoms in total. The molecule has 20 heavy (non-hydrogen) atoms. The van der Waals surface area contributed by atoms with Crippen molar-refractivity contribution in [3.05, 3.63) is 23.4 Å². The Morgan fingerprint density at radius 2 is 2.15 bits per heavy atom. The van der Waals surface area contributed by atoms with Crippen LogP contribution >= 0.6 is 0 Å². The van der Waals surface area contributed by atoms with Gasteiger partial charge in [-0.3, -0.25) is 0 Å². The van der Waals surface area contributed by atoms with E-state index in [1.807, 2.05) is 13.0 Å². The van der Waals surface area contributed by atoms with Gasteiger partial charge < -0.3 is 14.8 Å². The Morgan fingerprint density at radius 1 is 1.45 bits per heavy atom. The summed E-state index contributed by atoms with van der Waals surface area (Å²) in [6.07, 6.45) is 2.11. The van der Waals surface area contributed by atoms with Gasteiger partial charge in [0.2, 0.25) is 0 Å². The Morgan fingerprint density at radius 3 is 2.75 bits per heavy atom. The van der Waals surface area contributed by atoms with Gasteiger partial charge in [0.1, 0.15) is 5.82 Å². The summed E-state index contributed by atoms with van der Waals surface area (Å²) in [6.45, 7) is 6.59. The number of methoxy groups -OCH3 is 1. The van der Waals surface area contributed by atoms with Crippen molar-refractivity contribution < 1.29 is 14.3 Å². The molecule has 2 rings (SSSR count). The van der Waals surface area contributed by atoms with Crippen molar-refractivity contribution in [2.45, 2.75) is 26.7 Å². The first kappa shape index (κ1) is 14.8. The third-order valence-corrected chi connectivity index (χ3v) is 3.89. The Labute approximate surface area is 119 Å². The van der Waals surface area contributed by atoms with E-state index in [2.05, 4.69) is 17.2 Å². The van der Waals surface area contributed by atoms with Gasteiger partial charge in [-0.05, 0) is 37.3 Å². The number of nitrogens with one attached hydrogen (secondary N) is 1. The highest BCUT2D eigenvalue weighted by atomic mass is 16.5. The topological polar surface area (TPSA) is 60.5 Å². The second kappa shape index (κ2) is 6.22. The number of hydrogen-bond donors (Lipinski definition) is 1. The SMILES string of the molecule is COC(=O)c1ccc(NCC2(C)CCOCC2)nc1C. The van der Waals surface area contributed by atoms with E-state index in [1.165, 1.54) is 7.11 Å². The third kappa shape index (κ3) is 3.48. The maximum Gasteiger partial charge on any atom is 0.339 e. The van der Waals surface area contributed by atoms with Crippen LogP contribution in [-0.2, 0) is 9.47 Å². The Balaban J connectivity index is 2.00. The van der Waals surface area contributed by atoms with Gasteiger partial charge in [-0.2, -0.15) is 0 Å². The zero-order chi connectivity index (χ0) is 14.6. The number of aromatic nitrogens is 1. The fourth-order valence-corrected chi connectivity index (χ4v) is 2.33. The van der Waals surface area contributed by atoms with E-state index in [1.54, 1.807) is 6.07 Å². The number of nitrogens with zero attached hydrogens (tertiary/aromatic N) is 1. The van der Waals surface area contributed by atoms with Gasteiger partial charge in [0.05, 0.1) is 18.4 Å². The fraction of sp³-hybridized carbons (Fsp3) is 0.600. The van der Waals surface area contributed by atoms with Crippen LogP contribution in [0.2, 0.25) is 0 Å². The molecule has 1 aromatic rings. The van der Waals surface area contributed by atoms with Gasteiger partial charge in [-0.1, -0.05) is 6.92 Å². The molecule has 0 bridgehead atoms. The van der Waals surface area contributed by atoms with E-state index in [0.29, 0.717) is 11.3 Å². The van der Waals surface area contributed by atoms with Crippen molar-refractivity contribution in [2.24, 2.45) is 5.41 Å². The molecule has 0 radical (unpaired) electrons. The number of ether oxygens (including phenoxy) is 2. The van der Waals surface area contributed by atoms with Crippen LogP contribution in [0, 0.1) is 12.3 Å². The maximum absolute atomic E-state index is 11.5. The highest BCUT2D eigenvalue weighted by molar-refractivity contribution is 5.90. The lowest BCUT2D eigenvalue weighted by Crippen LogP contribution is -2.33. The minimum Gasteiger partial charge on any atom is -0.465 e. The predicted octanol–water partition coefficient (Wildman–Crippen LogP) is 2.41. The average molecular weight is 278 g/mol. The van der Waals surface area contributed by atoms with E-state index in [-0.39, 0.29) is 11.4 Å². The molecule has 0 atom stereocenters. The number of carbonyl (C=O) groups excluding carboxylic acids is 1. The first-order valence-electron chi connectivity index (χ1n) is 6.92. The van der Waals surface area contributed by atoms with Gasteiger partial charge in [-0.25, -0.2) is 9.78 Å². The van der Waals surface area contributed by atoms with E-state index in [0.717, 1.165) is 38.4 Å². The molecule has 1 fully saturated rings. The number of rotatable bonds is 4. The van der Waals surface area contributed by atoms with E-state index in [4.69, 9.17) is 9.47 Å². The molecule has 1 N–H and O–H groups in total. The molecule has 0 aromatic carbocycles. The minimum absolute atomic E-state index is 0.245. The van der Waals surface area contributed by atoms with Gasteiger partial charge >= 0.3 is 5.97 Å². The smallest absolute Gasteiger partial charge is 0.339 e. The number of anilines is 1. The molecule has 1 aliphatic rings. The predicted molar refractivity (Wildman–Crippen MR) is 77.0 cm³/mol. The average Bonchev–Trinajstić information content (AvgIpc) is 2.45. The third-order valence-electron chi connectivity index (χ3n) is 3.89. The van der Waals surface area contributed by atoms with Crippen molar-refractivity contribution in [2.75, 3.05) is 32.2 Å². The zero-order valence-electron chi connectivity index (χ0n) is 12.4. The minimum atomic E-state index is -0.349. The standard InChI is InChI=1S/C15H22N2O3/c1-11-12(14(18)19-3)4-5-13(17-11)16-10-15(2)6-8-20-9-7-15/h4-5H,6-10H2,1-3H3,(H,16,17). The fourth-order valence-electron chi connectivity index (χ4n) is 2.33. The molecule has 0 spiro atoms. The number of pyridine rings is 1. The first-order valence-corrected chi connectivity index (χ1v) is 6.92. The second-order valence-electron chi connectivity index (χ2n) is 5.60. The number of hydrogen-bond acceptors (Lipinski definition) is 5. The summed E-state index contributed by atoms with van der Waals surface area (Å²) in [6, 6.07) is 3.57. The molecule has 110 valence electrons. The normalized spacial score (nSPS) is 17.6. The highest BCUT2D eigenvalue weighted by Crippen LogP contribution is 2.29. The highest BCUT2D eigenvalue weighted by Gasteiger charge is 2.27. The van der Waals surface area contributed by atoms with Crippen molar-refractivity contribution >= 4 is 11.8 Å². The summed E-state index contributed by atoms with van der Waals surface area (Å²) in [7, 11) is 1.37. The van der Waals surface area contributed by atoms with E-state index >= 15 is 0 Å². The van der Waals surface area contributed by atoms with Gasteiger partial charge in [-0.15, -0.1) is 0 Å². The van der Waals surface area contributed by atoms with Crippen LogP contribution in [0.5, 0.6) is 0 Å². The monoisotopic (exact) mass is 278 g/mol. The molecule has 0 aliphatic carbocycles. The Bertz CT molecular complexity index is 482. The summed E-state index contributed by atoms with van der Waals surface area (Å²) < 4.78 is 10.1. The molecular formula is C15H22N2O3. The molecule has 2 heterocycles. The Kier molecular flexibility index (Phi) is 4.60. The summed E-state index contributed by atoms with van der Waals surface area (Å²) in [4.78, 5) is 15.9. The summed E-state index contributed by atoms with van der Waals surface area (Å²) >= 11 is 0. The Hall–Kier alpha value is -1.62. The van der Waals surface area contributed by atoms with Crippen LogP contribution in [0.4, 0.5) is 5.82 Å². The van der Waals surface area contributed by atoms with Crippen LogP contribution in [0.1, 0.15) is 35.8 Å². The first-order chi connectivity index (χ1) is 9.54. The second-order valence-corrected chi connectivity index (χ2v) is 5.60. The number of carbonyl (C=O) groups is 1. The van der Waals surface area contributed by atoms with Gasteiger partial charge in [0.15, 0.2) is 0 Å².